The number of amides is 1. The fourth-order valence-electron chi connectivity index (χ4n) is 3.10. The molecular formula is C24H21Cl2N3O5. The van der Waals surface area contributed by atoms with Crippen LogP contribution in [0.4, 0.5) is 5.69 Å². The van der Waals surface area contributed by atoms with Gasteiger partial charge >= 0.3 is 0 Å². The Morgan fingerprint density at radius 2 is 1.88 bits per heavy atom. The van der Waals surface area contributed by atoms with Crippen molar-refractivity contribution in [3.05, 3.63) is 75.8 Å². The minimum atomic E-state index is -0.324. The van der Waals surface area contributed by atoms with Crippen LogP contribution in [0.3, 0.4) is 0 Å². The Balaban J connectivity index is 1.31. The van der Waals surface area contributed by atoms with Crippen LogP contribution >= 0.6 is 23.2 Å². The number of hydrogen-bond donors (Lipinski definition) is 2. The number of methoxy groups -OCH3 is 1. The van der Waals surface area contributed by atoms with Gasteiger partial charge in [0.05, 0.1) is 24.9 Å². The summed E-state index contributed by atoms with van der Waals surface area (Å²) in [5.41, 5.74) is 4.76. The second-order valence-corrected chi connectivity index (χ2v) is 8.01. The van der Waals surface area contributed by atoms with E-state index in [1.54, 1.807) is 42.5 Å². The van der Waals surface area contributed by atoms with Gasteiger partial charge in [-0.15, -0.1) is 0 Å². The first-order valence-corrected chi connectivity index (χ1v) is 11.0. The summed E-state index contributed by atoms with van der Waals surface area (Å²) in [4.78, 5) is 12.1. The molecule has 34 heavy (non-hydrogen) atoms. The third kappa shape index (κ3) is 6.03. The van der Waals surface area contributed by atoms with E-state index in [0.717, 1.165) is 11.3 Å². The molecule has 0 fully saturated rings. The van der Waals surface area contributed by atoms with Gasteiger partial charge in [0, 0.05) is 16.8 Å². The van der Waals surface area contributed by atoms with E-state index in [1.807, 2.05) is 12.1 Å². The van der Waals surface area contributed by atoms with Gasteiger partial charge in [0.25, 0.3) is 5.91 Å². The number of fused-ring (bicyclic) bond motifs is 1. The first-order chi connectivity index (χ1) is 16.5. The molecule has 0 unspecified atom stereocenters. The summed E-state index contributed by atoms with van der Waals surface area (Å²) in [6.07, 6.45) is 1.47. The number of halogens is 2. The van der Waals surface area contributed by atoms with Crippen LogP contribution in [-0.4, -0.2) is 32.6 Å². The van der Waals surface area contributed by atoms with E-state index in [1.165, 1.54) is 13.3 Å². The lowest BCUT2D eigenvalue weighted by Gasteiger charge is -2.13. The maximum Gasteiger partial charge on any atom is 0.259 e. The van der Waals surface area contributed by atoms with Gasteiger partial charge in [-0.05, 0) is 47.5 Å². The standard InChI is InChI=1S/C24H21Cl2N3O5/c1-31-22-9-16(8-19(26)24(22)32-13-15-2-4-17(25)5-3-15)11-28-29-23(30)12-27-18-6-7-20-21(10-18)34-14-33-20/h2-11,27H,12-14H2,1H3,(H,29,30)/b28-11-. The fraction of sp³-hybridized carbons (Fsp3) is 0.167. The molecule has 0 spiro atoms. The Kier molecular flexibility index (Phi) is 7.61. The Hall–Kier alpha value is -3.62. The highest BCUT2D eigenvalue weighted by atomic mass is 35.5. The van der Waals surface area contributed by atoms with Gasteiger partial charge in [0.15, 0.2) is 23.0 Å². The number of carbonyl (C=O) groups is 1. The summed E-state index contributed by atoms with van der Waals surface area (Å²) < 4.78 is 21.8. The molecule has 0 saturated heterocycles. The van der Waals surface area contributed by atoms with Crippen molar-refractivity contribution in [3.63, 3.8) is 0 Å². The van der Waals surface area contributed by atoms with E-state index in [0.29, 0.717) is 45.2 Å². The molecule has 0 bridgehead atoms. The molecule has 1 heterocycles. The van der Waals surface area contributed by atoms with E-state index in [4.69, 9.17) is 42.1 Å². The largest absolute Gasteiger partial charge is 0.493 e. The second-order valence-electron chi connectivity index (χ2n) is 7.16. The zero-order chi connectivity index (χ0) is 23.9. The smallest absolute Gasteiger partial charge is 0.259 e. The number of nitrogens with zero attached hydrogens (tertiary/aromatic N) is 1. The molecule has 10 heteroatoms. The summed E-state index contributed by atoms with van der Waals surface area (Å²) in [7, 11) is 1.52. The molecule has 176 valence electrons. The average molecular weight is 502 g/mol. The van der Waals surface area contributed by atoms with Gasteiger partial charge in [0.1, 0.15) is 6.61 Å². The summed E-state index contributed by atoms with van der Waals surface area (Å²) in [6.45, 7) is 0.518. The number of hydrazone groups is 1. The molecule has 2 N–H and O–H groups in total. The van der Waals surface area contributed by atoms with E-state index >= 15 is 0 Å². The topological polar surface area (TPSA) is 90.4 Å². The summed E-state index contributed by atoms with van der Waals surface area (Å²) in [6, 6.07) is 16.0. The lowest BCUT2D eigenvalue weighted by Crippen LogP contribution is -2.25. The third-order valence-corrected chi connectivity index (χ3v) is 5.31. The highest BCUT2D eigenvalue weighted by molar-refractivity contribution is 6.32. The molecule has 0 saturated carbocycles. The van der Waals surface area contributed by atoms with Crippen LogP contribution in [0.25, 0.3) is 0 Å². The Morgan fingerprint density at radius 3 is 2.68 bits per heavy atom. The zero-order valence-corrected chi connectivity index (χ0v) is 19.7. The lowest BCUT2D eigenvalue weighted by atomic mass is 10.2. The fourth-order valence-corrected chi connectivity index (χ4v) is 3.50. The first kappa shape index (κ1) is 23.5. The van der Waals surface area contributed by atoms with Gasteiger partial charge in [-0.3, -0.25) is 4.79 Å². The summed E-state index contributed by atoms with van der Waals surface area (Å²) in [5, 5.41) is 7.99. The van der Waals surface area contributed by atoms with Crippen LogP contribution in [0.5, 0.6) is 23.0 Å². The van der Waals surface area contributed by atoms with Crippen molar-refractivity contribution in [3.8, 4) is 23.0 Å². The Labute approximate surface area is 206 Å². The number of anilines is 1. The maximum absolute atomic E-state index is 12.1. The lowest BCUT2D eigenvalue weighted by molar-refractivity contribution is -0.119. The monoisotopic (exact) mass is 501 g/mol. The number of rotatable bonds is 9. The van der Waals surface area contributed by atoms with E-state index < -0.39 is 0 Å². The molecule has 0 radical (unpaired) electrons. The van der Waals surface area contributed by atoms with Crippen molar-refractivity contribution in [2.75, 3.05) is 25.8 Å². The third-order valence-electron chi connectivity index (χ3n) is 4.78. The van der Waals surface area contributed by atoms with Crippen molar-refractivity contribution in [1.29, 1.82) is 0 Å². The maximum atomic E-state index is 12.1. The zero-order valence-electron chi connectivity index (χ0n) is 18.1. The van der Waals surface area contributed by atoms with Crippen LogP contribution < -0.4 is 29.7 Å². The normalized spacial score (nSPS) is 12.0. The predicted octanol–water partition coefficient (Wildman–Crippen LogP) is 4.87. The van der Waals surface area contributed by atoms with Crippen LogP contribution in [0.2, 0.25) is 10.0 Å². The predicted molar refractivity (Wildman–Crippen MR) is 131 cm³/mol. The Morgan fingerprint density at radius 1 is 1.09 bits per heavy atom. The SMILES string of the molecule is COc1cc(/C=N\NC(=O)CNc2ccc3c(c2)OCO3)cc(Cl)c1OCc1ccc(Cl)cc1. The van der Waals surface area contributed by atoms with E-state index in [9.17, 15) is 4.79 Å². The summed E-state index contributed by atoms with van der Waals surface area (Å²) >= 11 is 12.3. The number of carbonyl (C=O) groups excluding carboxylic acids is 1. The van der Waals surface area contributed by atoms with Crippen LogP contribution in [0.1, 0.15) is 11.1 Å². The van der Waals surface area contributed by atoms with Crippen LogP contribution in [0.15, 0.2) is 59.7 Å². The van der Waals surface area contributed by atoms with E-state index in [2.05, 4.69) is 15.8 Å². The van der Waals surface area contributed by atoms with Crippen molar-refractivity contribution in [1.82, 2.24) is 5.43 Å². The van der Waals surface area contributed by atoms with Crippen molar-refractivity contribution >= 4 is 41.0 Å². The number of nitrogens with one attached hydrogen (secondary N) is 2. The van der Waals surface area contributed by atoms with Crippen molar-refractivity contribution in [2.45, 2.75) is 6.61 Å². The van der Waals surface area contributed by atoms with Gasteiger partial charge < -0.3 is 24.3 Å². The minimum Gasteiger partial charge on any atom is -0.493 e. The van der Waals surface area contributed by atoms with Gasteiger partial charge in [-0.25, -0.2) is 5.43 Å². The van der Waals surface area contributed by atoms with Crippen LogP contribution in [-0.2, 0) is 11.4 Å². The minimum absolute atomic E-state index is 0.0263. The molecule has 3 aromatic carbocycles. The highest BCUT2D eigenvalue weighted by Gasteiger charge is 2.14. The molecule has 3 aromatic rings. The molecule has 1 aliphatic heterocycles. The Bertz CT molecular complexity index is 1200. The number of ether oxygens (including phenoxy) is 4. The van der Waals surface area contributed by atoms with E-state index in [-0.39, 0.29) is 19.2 Å². The van der Waals surface area contributed by atoms with Gasteiger partial charge in [0.2, 0.25) is 6.79 Å². The number of benzene rings is 3. The van der Waals surface area contributed by atoms with Gasteiger partial charge in [-0.1, -0.05) is 35.3 Å². The van der Waals surface area contributed by atoms with Crippen molar-refractivity contribution in [2.24, 2.45) is 5.10 Å². The van der Waals surface area contributed by atoms with Crippen molar-refractivity contribution < 1.29 is 23.7 Å². The second kappa shape index (κ2) is 11.0. The first-order valence-electron chi connectivity index (χ1n) is 10.2. The molecule has 8 nitrogen and oxygen atoms in total. The van der Waals surface area contributed by atoms with Crippen LogP contribution in [0, 0.1) is 0 Å². The molecule has 1 aliphatic rings. The molecule has 0 aromatic heterocycles. The summed E-state index contributed by atoms with van der Waals surface area (Å²) in [5.74, 6) is 1.84. The highest BCUT2D eigenvalue weighted by Crippen LogP contribution is 2.37. The molecular weight excluding hydrogens is 481 g/mol. The average Bonchev–Trinajstić information content (AvgIpc) is 3.31. The molecule has 1 amide bonds. The molecule has 0 aliphatic carbocycles. The molecule has 4 rings (SSSR count). The number of hydrogen-bond acceptors (Lipinski definition) is 7. The molecule has 0 atom stereocenters. The van der Waals surface area contributed by atoms with Gasteiger partial charge in [-0.2, -0.15) is 5.10 Å². The quantitative estimate of drug-likeness (QED) is 0.321.